The van der Waals surface area contributed by atoms with Crippen LogP contribution in [0.1, 0.15) is 49.4 Å². The Labute approximate surface area is 173 Å². The van der Waals surface area contributed by atoms with Gasteiger partial charge in [-0.1, -0.05) is 18.5 Å². The van der Waals surface area contributed by atoms with Gasteiger partial charge in [-0.05, 0) is 69.3 Å². The summed E-state index contributed by atoms with van der Waals surface area (Å²) in [5.41, 5.74) is 0.216. The molecule has 28 heavy (non-hydrogen) atoms. The zero-order valence-electron chi connectivity index (χ0n) is 16.5. The van der Waals surface area contributed by atoms with E-state index >= 15 is 0 Å². The van der Waals surface area contributed by atoms with Crippen LogP contribution in [0.2, 0.25) is 5.02 Å². The molecule has 0 unspecified atom stereocenters. The van der Waals surface area contributed by atoms with Gasteiger partial charge in [-0.2, -0.15) is 4.31 Å². The van der Waals surface area contributed by atoms with Gasteiger partial charge in [0.1, 0.15) is 0 Å². The van der Waals surface area contributed by atoms with Crippen LogP contribution in [0.5, 0.6) is 0 Å². The third kappa shape index (κ3) is 5.26. The molecule has 0 radical (unpaired) electrons. The number of carbonyl (C=O) groups is 1. The van der Waals surface area contributed by atoms with Crippen LogP contribution in [-0.4, -0.2) is 62.8 Å². The Morgan fingerprint density at radius 1 is 1.21 bits per heavy atom. The normalized spacial score (nSPS) is 21.7. The van der Waals surface area contributed by atoms with E-state index < -0.39 is 10.0 Å². The number of halogens is 1. The van der Waals surface area contributed by atoms with Crippen molar-refractivity contribution >= 4 is 27.5 Å². The van der Waals surface area contributed by atoms with E-state index in [2.05, 4.69) is 17.1 Å². The fourth-order valence-electron chi connectivity index (χ4n) is 4.01. The molecule has 0 bridgehead atoms. The van der Waals surface area contributed by atoms with Gasteiger partial charge in [0.2, 0.25) is 10.0 Å². The van der Waals surface area contributed by atoms with E-state index in [1.165, 1.54) is 35.3 Å². The van der Waals surface area contributed by atoms with E-state index in [9.17, 15) is 13.2 Å². The van der Waals surface area contributed by atoms with Gasteiger partial charge in [-0.15, -0.1) is 0 Å². The van der Waals surface area contributed by atoms with Crippen molar-refractivity contribution in [2.45, 2.75) is 43.9 Å². The summed E-state index contributed by atoms with van der Waals surface area (Å²) in [6, 6.07) is 4.37. The Morgan fingerprint density at radius 2 is 1.96 bits per heavy atom. The average molecular weight is 428 g/mol. The number of likely N-dealkylation sites (tertiary alicyclic amines) is 1. The van der Waals surface area contributed by atoms with Crippen molar-refractivity contribution < 1.29 is 13.2 Å². The SMILES string of the molecule is C[C@H]1CCCN(CCCNC(=O)c2cc(S(=O)(=O)N3CCCC3)ccc2Cl)C1. The van der Waals surface area contributed by atoms with Gasteiger partial charge in [0.15, 0.2) is 0 Å². The zero-order chi connectivity index (χ0) is 20.1. The van der Waals surface area contributed by atoms with E-state index in [1.54, 1.807) is 0 Å². The van der Waals surface area contributed by atoms with E-state index in [0.29, 0.717) is 19.6 Å². The molecule has 0 aromatic heterocycles. The molecule has 1 amide bonds. The summed E-state index contributed by atoms with van der Waals surface area (Å²) >= 11 is 6.17. The molecular formula is C20H30ClN3O3S. The van der Waals surface area contributed by atoms with Gasteiger partial charge in [0, 0.05) is 26.2 Å². The fraction of sp³-hybridized carbons (Fsp3) is 0.650. The third-order valence-corrected chi connectivity index (χ3v) is 7.79. The summed E-state index contributed by atoms with van der Waals surface area (Å²) in [7, 11) is -3.57. The molecule has 1 aromatic rings. The van der Waals surface area contributed by atoms with Crippen LogP contribution in [0.3, 0.4) is 0 Å². The second-order valence-corrected chi connectivity index (χ2v) is 10.3. The Kier molecular flexibility index (Phi) is 7.36. The number of nitrogens with zero attached hydrogens (tertiary/aromatic N) is 2. The number of sulfonamides is 1. The standard InChI is InChI=1S/C20H30ClN3O3S/c1-16-6-4-10-23(15-16)11-5-9-22-20(25)18-14-17(7-8-19(18)21)28(26,27)24-12-2-3-13-24/h7-8,14,16H,2-6,9-13,15H2,1H3,(H,22,25)/t16-/m0/s1. The lowest BCUT2D eigenvalue weighted by Crippen LogP contribution is -2.36. The molecule has 2 heterocycles. The first-order chi connectivity index (χ1) is 13.4. The molecule has 1 N–H and O–H groups in total. The zero-order valence-corrected chi connectivity index (χ0v) is 18.1. The average Bonchev–Trinajstić information content (AvgIpc) is 3.21. The number of nitrogens with one attached hydrogen (secondary N) is 1. The Hall–Kier alpha value is -1.15. The molecule has 2 aliphatic heterocycles. The van der Waals surface area contributed by atoms with Gasteiger partial charge in [0.05, 0.1) is 15.5 Å². The Morgan fingerprint density at radius 3 is 2.68 bits per heavy atom. The highest BCUT2D eigenvalue weighted by Crippen LogP contribution is 2.25. The number of piperidine rings is 1. The highest BCUT2D eigenvalue weighted by molar-refractivity contribution is 7.89. The molecule has 0 spiro atoms. The van der Waals surface area contributed by atoms with Crippen LogP contribution in [0, 0.1) is 5.92 Å². The molecule has 1 atom stereocenters. The van der Waals surface area contributed by atoms with Crippen LogP contribution in [0.4, 0.5) is 0 Å². The van der Waals surface area contributed by atoms with Crippen molar-refractivity contribution in [3.8, 4) is 0 Å². The molecule has 2 fully saturated rings. The first-order valence-electron chi connectivity index (χ1n) is 10.2. The van der Waals surface area contributed by atoms with Gasteiger partial charge in [-0.25, -0.2) is 8.42 Å². The molecule has 156 valence electrons. The van der Waals surface area contributed by atoms with Crippen LogP contribution in [0.25, 0.3) is 0 Å². The summed E-state index contributed by atoms with van der Waals surface area (Å²) < 4.78 is 26.9. The van der Waals surface area contributed by atoms with E-state index in [4.69, 9.17) is 11.6 Å². The van der Waals surface area contributed by atoms with Gasteiger partial charge >= 0.3 is 0 Å². The maximum Gasteiger partial charge on any atom is 0.252 e. The molecule has 8 heteroatoms. The number of hydrogen-bond donors (Lipinski definition) is 1. The Bertz CT molecular complexity index is 794. The number of amides is 1. The van der Waals surface area contributed by atoms with Crippen molar-refractivity contribution in [2.75, 3.05) is 39.3 Å². The third-order valence-electron chi connectivity index (χ3n) is 5.56. The van der Waals surface area contributed by atoms with Crippen LogP contribution < -0.4 is 5.32 Å². The molecule has 0 aliphatic carbocycles. The van der Waals surface area contributed by atoms with Crippen LogP contribution in [0.15, 0.2) is 23.1 Å². The lowest BCUT2D eigenvalue weighted by molar-refractivity contribution is 0.0950. The van der Waals surface area contributed by atoms with E-state index in [1.807, 2.05) is 0 Å². The largest absolute Gasteiger partial charge is 0.352 e. The molecule has 1 aromatic carbocycles. The first-order valence-corrected chi connectivity index (χ1v) is 12.0. The number of carbonyl (C=O) groups excluding carboxylic acids is 1. The maximum atomic E-state index is 12.7. The first kappa shape index (κ1) is 21.6. The van der Waals surface area contributed by atoms with Crippen LogP contribution in [-0.2, 0) is 10.0 Å². The van der Waals surface area contributed by atoms with Crippen molar-refractivity contribution in [1.29, 1.82) is 0 Å². The highest BCUT2D eigenvalue weighted by Gasteiger charge is 2.28. The van der Waals surface area contributed by atoms with Crippen molar-refractivity contribution in [2.24, 2.45) is 5.92 Å². The van der Waals surface area contributed by atoms with Crippen molar-refractivity contribution in [3.63, 3.8) is 0 Å². The topological polar surface area (TPSA) is 69.7 Å². The van der Waals surface area contributed by atoms with Crippen molar-refractivity contribution in [1.82, 2.24) is 14.5 Å². The van der Waals surface area contributed by atoms with Crippen LogP contribution >= 0.6 is 11.6 Å². The van der Waals surface area contributed by atoms with Crippen molar-refractivity contribution in [3.05, 3.63) is 28.8 Å². The van der Waals surface area contributed by atoms with Gasteiger partial charge in [-0.3, -0.25) is 4.79 Å². The number of benzene rings is 1. The molecule has 6 nitrogen and oxygen atoms in total. The summed E-state index contributed by atoms with van der Waals surface area (Å²) in [5.74, 6) is 0.415. The highest BCUT2D eigenvalue weighted by atomic mass is 35.5. The minimum atomic E-state index is -3.57. The summed E-state index contributed by atoms with van der Waals surface area (Å²) in [4.78, 5) is 15.1. The number of rotatable bonds is 7. The fourth-order valence-corrected chi connectivity index (χ4v) is 5.75. The molecular weight excluding hydrogens is 398 g/mol. The smallest absolute Gasteiger partial charge is 0.252 e. The van der Waals surface area contributed by atoms with E-state index in [-0.39, 0.29) is 21.4 Å². The molecule has 3 rings (SSSR count). The van der Waals surface area contributed by atoms with Gasteiger partial charge < -0.3 is 10.2 Å². The predicted molar refractivity (Wildman–Crippen MR) is 111 cm³/mol. The molecule has 2 aliphatic rings. The monoisotopic (exact) mass is 427 g/mol. The van der Waals surface area contributed by atoms with E-state index in [0.717, 1.165) is 44.8 Å². The molecule has 0 saturated carbocycles. The second-order valence-electron chi connectivity index (χ2n) is 7.91. The summed E-state index contributed by atoms with van der Waals surface area (Å²) in [6.07, 6.45) is 5.14. The summed E-state index contributed by atoms with van der Waals surface area (Å²) in [6.45, 7) is 7.09. The Balaban J connectivity index is 1.57. The lowest BCUT2D eigenvalue weighted by atomic mass is 10.0. The quantitative estimate of drug-likeness (QED) is 0.679. The minimum Gasteiger partial charge on any atom is -0.352 e. The van der Waals surface area contributed by atoms with Gasteiger partial charge in [0.25, 0.3) is 5.91 Å². The minimum absolute atomic E-state index is 0.131. The summed E-state index contributed by atoms with van der Waals surface area (Å²) in [5, 5.41) is 3.15. The lowest BCUT2D eigenvalue weighted by Gasteiger charge is -2.30. The number of hydrogen-bond acceptors (Lipinski definition) is 4. The predicted octanol–water partition coefficient (Wildman–Crippen LogP) is 2.98. The second kappa shape index (κ2) is 9.57. The molecule has 2 saturated heterocycles. The maximum absolute atomic E-state index is 12.7.